The topological polar surface area (TPSA) is 15.7 Å². The first kappa shape index (κ1) is 11.9. The van der Waals surface area contributed by atoms with E-state index in [0.29, 0.717) is 6.10 Å². The molecular formula is C14H26N2O. The number of fused-ring (bicyclic) bond motifs is 1. The Balaban J connectivity index is 1.55. The molecule has 3 aliphatic rings. The molecule has 0 aromatic carbocycles. The van der Waals surface area contributed by atoms with Crippen LogP contribution in [-0.4, -0.2) is 61.3 Å². The van der Waals surface area contributed by atoms with E-state index in [2.05, 4.69) is 9.80 Å². The summed E-state index contributed by atoms with van der Waals surface area (Å²) < 4.78 is 5.50. The van der Waals surface area contributed by atoms with Gasteiger partial charge in [-0.15, -0.1) is 0 Å². The monoisotopic (exact) mass is 238 g/mol. The van der Waals surface area contributed by atoms with Crippen molar-refractivity contribution in [2.45, 2.75) is 56.7 Å². The molecule has 17 heavy (non-hydrogen) atoms. The van der Waals surface area contributed by atoms with Crippen LogP contribution in [0.4, 0.5) is 0 Å². The number of ether oxygens (including phenoxy) is 1. The Labute approximate surface area is 105 Å². The first-order valence-electron chi connectivity index (χ1n) is 7.37. The molecule has 2 saturated heterocycles. The molecule has 0 N–H and O–H groups in total. The Hall–Kier alpha value is -0.120. The third-order valence-corrected chi connectivity index (χ3v) is 5.08. The van der Waals surface area contributed by atoms with Gasteiger partial charge >= 0.3 is 0 Å². The van der Waals surface area contributed by atoms with E-state index < -0.39 is 0 Å². The molecule has 3 unspecified atom stereocenters. The van der Waals surface area contributed by atoms with Gasteiger partial charge in [-0.1, -0.05) is 6.42 Å². The largest absolute Gasteiger partial charge is 0.381 e. The zero-order valence-corrected chi connectivity index (χ0v) is 11.1. The van der Waals surface area contributed by atoms with Gasteiger partial charge in [0, 0.05) is 38.8 Å². The second kappa shape index (κ2) is 5.25. The molecule has 0 aromatic heterocycles. The quantitative estimate of drug-likeness (QED) is 0.728. The van der Waals surface area contributed by atoms with Crippen LogP contribution in [0.15, 0.2) is 0 Å². The standard InChI is InChI=1S/C14H26N2O/c1-17-14-6-5-12(10-14)16-9-8-15-7-3-2-4-13(15)11-16/h12-14H,2-11H2,1H3. The molecule has 0 amide bonds. The van der Waals surface area contributed by atoms with Crippen molar-refractivity contribution in [3.63, 3.8) is 0 Å². The SMILES string of the molecule is COC1CCC(N2CCN3CCCCC3C2)C1. The molecule has 3 fully saturated rings. The van der Waals surface area contributed by atoms with Crippen molar-refractivity contribution in [2.75, 3.05) is 33.3 Å². The van der Waals surface area contributed by atoms with Crippen molar-refractivity contribution < 1.29 is 4.74 Å². The van der Waals surface area contributed by atoms with E-state index in [1.54, 1.807) is 0 Å². The summed E-state index contributed by atoms with van der Waals surface area (Å²) in [5, 5.41) is 0. The van der Waals surface area contributed by atoms with Crippen molar-refractivity contribution in [3.8, 4) is 0 Å². The molecule has 0 radical (unpaired) electrons. The fourth-order valence-electron chi connectivity index (χ4n) is 3.97. The number of methoxy groups -OCH3 is 1. The highest BCUT2D eigenvalue weighted by Crippen LogP contribution is 2.29. The van der Waals surface area contributed by atoms with Crippen LogP contribution in [-0.2, 0) is 4.74 Å². The molecule has 2 aliphatic heterocycles. The molecule has 0 aromatic rings. The Bertz CT molecular complexity index is 259. The third-order valence-electron chi connectivity index (χ3n) is 5.08. The number of rotatable bonds is 2. The van der Waals surface area contributed by atoms with E-state index in [0.717, 1.165) is 12.1 Å². The molecule has 1 saturated carbocycles. The maximum atomic E-state index is 5.50. The molecule has 3 rings (SSSR count). The Morgan fingerprint density at radius 3 is 2.59 bits per heavy atom. The minimum atomic E-state index is 0.532. The average molecular weight is 238 g/mol. The summed E-state index contributed by atoms with van der Waals surface area (Å²) in [5.74, 6) is 0. The Morgan fingerprint density at radius 1 is 0.882 bits per heavy atom. The van der Waals surface area contributed by atoms with Crippen LogP contribution in [0.1, 0.15) is 38.5 Å². The lowest BCUT2D eigenvalue weighted by Gasteiger charge is -2.46. The number of hydrogen-bond acceptors (Lipinski definition) is 3. The molecule has 98 valence electrons. The van der Waals surface area contributed by atoms with Gasteiger partial charge in [0.1, 0.15) is 0 Å². The summed E-state index contributed by atoms with van der Waals surface area (Å²) in [6, 6.07) is 1.67. The van der Waals surface area contributed by atoms with Crippen LogP contribution in [0.3, 0.4) is 0 Å². The second-order valence-corrected chi connectivity index (χ2v) is 6.01. The van der Waals surface area contributed by atoms with Crippen molar-refractivity contribution >= 4 is 0 Å². The number of piperidine rings is 1. The average Bonchev–Trinajstić information content (AvgIpc) is 2.87. The van der Waals surface area contributed by atoms with Crippen LogP contribution < -0.4 is 0 Å². The zero-order valence-electron chi connectivity index (χ0n) is 11.1. The van der Waals surface area contributed by atoms with Crippen molar-refractivity contribution in [3.05, 3.63) is 0 Å². The zero-order chi connectivity index (χ0) is 11.7. The van der Waals surface area contributed by atoms with Crippen molar-refractivity contribution in [2.24, 2.45) is 0 Å². The molecule has 3 nitrogen and oxygen atoms in total. The minimum Gasteiger partial charge on any atom is -0.381 e. The summed E-state index contributed by atoms with van der Waals surface area (Å²) in [4.78, 5) is 5.48. The maximum absolute atomic E-state index is 5.50. The third kappa shape index (κ3) is 2.51. The molecule has 0 spiro atoms. The molecule has 3 atom stereocenters. The predicted molar refractivity (Wildman–Crippen MR) is 69.2 cm³/mol. The number of piperazine rings is 1. The summed E-state index contributed by atoms with van der Waals surface area (Å²) in [6.07, 6.45) is 8.72. The van der Waals surface area contributed by atoms with Gasteiger partial charge in [0.25, 0.3) is 0 Å². The van der Waals surface area contributed by atoms with Crippen molar-refractivity contribution in [1.29, 1.82) is 0 Å². The normalized spacial score (nSPS) is 40.4. The van der Waals surface area contributed by atoms with Gasteiger partial charge in [0.05, 0.1) is 6.10 Å². The van der Waals surface area contributed by atoms with Crippen LogP contribution in [0, 0.1) is 0 Å². The molecule has 0 bridgehead atoms. The number of nitrogens with zero attached hydrogens (tertiary/aromatic N) is 2. The van der Waals surface area contributed by atoms with E-state index in [1.807, 2.05) is 7.11 Å². The van der Waals surface area contributed by atoms with Gasteiger partial charge < -0.3 is 4.74 Å². The fourth-order valence-corrected chi connectivity index (χ4v) is 3.97. The lowest BCUT2D eigenvalue weighted by atomic mass is 9.98. The van der Waals surface area contributed by atoms with Gasteiger partial charge in [-0.05, 0) is 38.6 Å². The Morgan fingerprint density at radius 2 is 1.76 bits per heavy atom. The summed E-state index contributed by atoms with van der Waals surface area (Å²) in [5.41, 5.74) is 0. The highest BCUT2D eigenvalue weighted by atomic mass is 16.5. The molecule has 3 heteroatoms. The first-order valence-corrected chi connectivity index (χ1v) is 7.37. The van der Waals surface area contributed by atoms with Gasteiger partial charge in [-0.2, -0.15) is 0 Å². The lowest BCUT2D eigenvalue weighted by molar-refractivity contribution is 0.0231. The van der Waals surface area contributed by atoms with E-state index >= 15 is 0 Å². The van der Waals surface area contributed by atoms with Crippen LogP contribution in [0.5, 0.6) is 0 Å². The van der Waals surface area contributed by atoms with E-state index in [-0.39, 0.29) is 0 Å². The summed E-state index contributed by atoms with van der Waals surface area (Å²) in [6.45, 7) is 5.27. The molecule has 1 aliphatic carbocycles. The van der Waals surface area contributed by atoms with E-state index in [4.69, 9.17) is 4.74 Å². The minimum absolute atomic E-state index is 0.532. The van der Waals surface area contributed by atoms with Gasteiger partial charge in [-0.3, -0.25) is 9.80 Å². The highest BCUT2D eigenvalue weighted by molar-refractivity contribution is 4.91. The number of hydrogen-bond donors (Lipinski definition) is 0. The van der Waals surface area contributed by atoms with E-state index in [9.17, 15) is 0 Å². The van der Waals surface area contributed by atoms with Crippen LogP contribution >= 0.6 is 0 Å². The predicted octanol–water partition coefficient (Wildman–Crippen LogP) is 1.72. The van der Waals surface area contributed by atoms with Crippen LogP contribution in [0.2, 0.25) is 0 Å². The van der Waals surface area contributed by atoms with Crippen molar-refractivity contribution in [1.82, 2.24) is 9.80 Å². The Kier molecular flexibility index (Phi) is 3.69. The highest BCUT2D eigenvalue weighted by Gasteiger charge is 2.35. The second-order valence-electron chi connectivity index (χ2n) is 6.01. The molecule has 2 heterocycles. The summed E-state index contributed by atoms with van der Waals surface area (Å²) in [7, 11) is 1.87. The lowest BCUT2D eigenvalue weighted by Crippen LogP contribution is -2.56. The summed E-state index contributed by atoms with van der Waals surface area (Å²) >= 11 is 0. The molecular weight excluding hydrogens is 212 g/mol. The fraction of sp³-hybridized carbons (Fsp3) is 1.00. The smallest absolute Gasteiger partial charge is 0.0586 e. The van der Waals surface area contributed by atoms with Gasteiger partial charge in [0.15, 0.2) is 0 Å². The van der Waals surface area contributed by atoms with Crippen LogP contribution in [0.25, 0.3) is 0 Å². The first-order chi connectivity index (χ1) is 8.36. The van der Waals surface area contributed by atoms with Gasteiger partial charge in [-0.25, -0.2) is 0 Å². The maximum Gasteiger partial charge on any atom is 0.0586 e. The van der Waals surface area contributed by atoms with Gasteiger partial charge in [0.2, 0.25) is 0 Å². The van der Waals surface area contributed by atoms with E-state index in [1.165, 1.54) is 64.7 Å².